The number of rotatable bonds is 11. The van der Waals surface area contributed by atoms with Crippen molar-refractivity contribution < 1.29 is 19.1 Å². The lowest BCUT2D eigenvalue weighted by Crippen LogP contribution is -2.49. The lowest BCUT2D eigenvalue weighted by Gasteiger charge is -2.29. The van der Waals surface area contributed by atoms with Gasteiger partial charge in [0, 0.05) is 19.0 Å². The average Bonchev–Trinajstić information content (AvgIpc) is 2.76. The maximum atomic E-state index is 13.0. The fraction of sp³-hybridized carbons (Fsp3) is 0.417. The molecular weight excluding hydrogens is 451 g/mol. The molecule has 2 rings (SSSR count). The Bertz CT molecular complexity index is 903. The van der Waals surface area contributed by atoms with E-state index in [4.69, 9.17) is 32.7 Å². The van der Waals surface area contributed by atoms with Gasteiger partial charge in [-0.2, -0.15) is 0 Å². The molecule has 2 amide bonds. The van der Waals surface area contributed by atoms with Crippen molar-refractivity contribution in [2.75, 3.05) is 13.7 Å². The largest absolute Gasteiger partial charge is 0.497 e. The summed E-state index contributed by atoms with van der Waals surface area (Å²) in [4.78, 5) is 27.2. The van der Waals surface area contributed by atoms with Crippen LogP contribution in [0.5, 0.6) is 11.5 Å². The summed E-state index contributed by atoms with van der Waals surface area (Å²) in [7, 11) is 1.60. The van der Waals surface area contributed by atoms with Gasteiger partial charge in [-0.1, -0.05) is 29.3 Å². The van der Waals surface area contributed by atoms with Crippen molar-refractivity contribution in [1.29, 1.82) is 0 Å². The quantitative estimate of drug-likeness (QED) is 0.454. The minimum atomic E-state index is -0.637. The lowest BCUT2D eigenvalue weighted by atomic mass is 10.1. The van der Waals surface area contributed by atoms with Gasteiger partial charge < -0.3 is 19.7 Å². The highest BCUT2D eigenvalue weighted by atomic mass is 35.5. The average molecular weight is 481 g/mol. The Kier molecular flexibility index (Phi) is 10.1. The first-order valence-electron chi connectivity index (χ1n) is 10.5. The predicted molar refractivity (Wildman–Crippen MR) is 127 cm³/mol. The highest BCUT2D eigenvalue weighted by Crippen LogP contribution is 2.24. The summed E-state index contributed by atoms with van der Waals surface area (Å²) in [5.41, 5.74) is 0.798. The van der Waals surface area contributed by atoms with Crippen molar-refractivity contribution in [3.05, 3.63) is 58.1 Å². The molecule has 174 valence electrons. The molecule has 32 heavy (non-hydrogen) atoms. The summed E-state index contributed by atoms with van der Waals surface area (Å²) in [6.07, 6.45) is 0.762. The maximum absolute atomic E-state index is 13.0. The Balaban J connectivity index is 2.01. The van der Waals surface area contributed by atoms with Gasteiger partial charge >= 0.3 is 0 Å². The summed E-state index contributed by atoms with van der Waals surface area (Å²) in [5, 5.41) is 3.71. The first-order chi connectivity index (χ1) is 15.2. The van der Waals surface area contributed by atoms with Crippen LogP contribution in [0.4, 0.5) is 0 Å². The van der Waals surface area contributed by atoms with Gasteiger partial charge in [0.15, 0.2) is 0 Å². The summed E-state index contributed by atoms with van der Waals surface area (Å²) >= 11 is 12.1. The fourth-order valence-corrected chi connectivity index (χ4v) is 3.37. The molecule has 6 nitrogen and oxygen atoms in total. The summed E-state index contributed by atoms with van der Waals surface area (Å²) < 4.78 is 10.8. The monoisotopic (exact) mass is 480 g/mol. The SMILES string of the molecule is COc1ccc(OCCCC(=O)N(Cc2ccc(Cl)c(Cl)c2)[C@@H](C)C(=O)NC(C)C)cc1. The smallest absolute Gasteiger partial charge is 0.242 e. The standard InChI is InChI=1S/C24H30Cl2N2O4/c1-16(2)27-24(30)17(3)28(15-18-7-12-21(25)22(26)14-18)23(29)6-5-13-32-20-10-8-19(31-4)9-11-20/h7-12,14,16-17H,5-6,13,15H2,1-4H3,(H,27,30)/t17-/m0/s1. The van der Waals surface area contributed by atoms with Crippen molar-refractivity contribution in [2.24, 2.45) is 0 Å². The second-order valence-electron chi connectivity index (χ2n) is 7.74. The van der Waals surface area contributed by atoms with Crippen LogP contribution < -0.4 is 14.8 Å². The number of nitrogens with one attached hydrogen (secondary N) is 1. The molecule has 0 heterocycles. The highest BCUT2D eigenvalue weighted by molar-refractivity contribution is 6.42. The second-order valence-corrected chi connectivity index (χ2v) is 8.55. The molecule has 0 aliphatic carbocycles. The normalized spacial score (nSPS) is 11.7. The maximum Gasteiger partial charge on any atom is 0.242 e. The van der Waals surface area contributed by atoms with E-state index < -0.39 is 6.04 Å². The number of ether oxygens (including phenoxy) is 2. The van der Waals surface area contributed by atoms with Crippen LogP contribution in [-0.2, 0) is 16.1 Å². The molecular formula is C24H30Cl2N2O4. The Hall–Kier alpha value is -2.44. The van der Waals surface area contributed by atoms with Crippen molar-refractivity contribution in [3.63, 3.8) is 0 Å². The van der Waals surface area contributed by atoms with Crippen molar-refractivity contribution in [3.8, 4) is 11.5 Å². The molecule has 0 aromatic heterocycles. The van der Waals surface area contributed by atoms with Crippen LogP contribution >= 0.6 is 23.2 Å². The van der Waals surface area contributed by atoms with Crippen LogP contribution in [-0.4, -0.2) is 42.5 Å². The molecule has 2 aromatic carbocycles. The number of carbonyl (C=O) groups is 2. The summed E-state index contributed by atoms with van der Waals surface area (Å²) in [6, 6.07) is 11.8. The van der Waals surface area contributed by atoms with Gasteiger partial charge in [-0.3, -0.25) is 9.59 Å². The molecule has 0 fully saturated rings. The topological polar surface area (TPSA) is 67.9 Å². The molecule has 1 atom stereocenters. The zero-order chi connectivity index (χ0) is 23.7. The molecule has 1 N–H and O–H groups in total. The first-order valence-corrected chi connectivity index (χ1v) is 11.3. The number of hydrogen-bond donors (Lipinski definition) is 1. The van der Waals surface area contributed by atoms with Gasteiger partial charge in [0.25, 0.3) is 0 Å². The van der Waals surface area contributed by atoms with Crippen molar-refractivity contribution >= 4 is 35.0 Å². The Morgan fingerprint density at radius 1 is 1.00 bits per heavy atom. The molecule has 0 saturated carbocycles. The number of halogens is 2. The molecule has 8 heteroatoms. The van der Waals surface area contributed by atoms with Crippen LogP contribution in [0.25, 0.3) is 0 Å². The van der Waals surface area contributed by atoms with Crippen LogP contribution in [0, 0.1) is 0 Å². The van der Waals surface area contributed by atoms with Crippen LogP contribution in [0.15, 0.2) is 42.5 Å². The van der Waals surface area contributed by atoms with Crippen LogP contribution in [0.2, 0.25) is 10.0 Å². The third kappa shape index (κ3) is 7.92. The molecule has 0 aliphatic heterocycles. The molecule has 0 unspecified atom stereocenters. The molecule has 0 saturated heterocycles. The van der Waals surface area contributed by atoms with E-state index in [2.05, 4.69) is 5.32 Å². The summed E-state index contributed by atoms with van der Waals surface area (Å²) in [6.45, 7) is 6.12. The molecule has 0 radical (unpaired) electrons. The predicted octanol–water partition coefficient (Wildman–Crippen LogP) is 5.10. The minimum absolute atomic E-state index is 0.0234. The van der Waals surface area contributed by atoms with Gasteiger partial charge in [0.1, 0.15) is 17.5 Å². The Labute approximate surface area is 199 Å². The molecule has 0 aliphatic rings. The van der Waals surface area contributed by atoms with E-state index in [9.17, 15) is 9.59 Å². The Morgan fingerprint density at radius 2 is 1.66 bits per heavy atom. The van der Waals surface area contributed by atoms with Gasteiger partial charge in [-0.05, 0) is 69.2 Å². The third-order valence-electron chi connectivity index (χ3n) is 4.80. The van der Waals surface area contributed by atoms with Crippen LogP contribution in [0.3, 0.4) is 0 Å². The number of nitrogens with zero attached hydrogens (tertiary/aromatic N) is 1. The molecule has 0 bridgehead atoms. The number of benzene rings is 2. The number of hydrogen-bond acceptors (Lipinski definition) is 4. The van der Waals surface area contributed by atoms with E-state index >= 15 is 0 Å². The zero-order valence-corrected chi connectivity index (χ0v) is 20.4. The van der Waals surface area contributed by atoms with Gasteiger partial charge in [0.2, 0.25) is 11.8 Å². The van der Waals surface area contributed by atoms with E-state index in [1.165, 1.54) is 0 Å². The molecule has 2 aromatic rings. The molecule has 0 spiro atoms. The number of carbonyl (C=O) groups excluding carboxylic acids is 2. The first kappa shape index (κ1) is 25.8. The number of methoxy groups -OCH3 is 1. The number of amides is 2. The van der Waals surface area contributed by atoms with Crippen molar-refractivity contribution in [1.82, 2.24) is 10.2 Å². The zero-order valence-electron chi connectivity index (χ0n) is 18.9. The van der Waals surface area contributed by atoms with E-state index in [0.717, 1.165) is 11.3 Å². The van der Waals surface area contributed by atoms with Crippen LogP contribution in [0.1, 0.15) is 39.2 Å². The van der Waals surface area contributed by atoms with E-state index in [-0.39, 0.29) is 30.8 Å². The highest BCUT2D eigenvalue weighted by Gasteiger charge is 2.26. The minimum Gasteiger partial charge on any atom is -0.497 e. The van der Waals surface area contributed by atoms with Gasteiger partial charge in [-0.15, -0.1) is 0 Å². The van der Waals surface area contributed by atoms with E-state index in [1.54, 1.807) is 37.1 Å². The lowest BCUT2D eigenvalue weighted by molar-refractivity contribution is -0.141. The summed E-state index contributed by atoms with van der Waals surface area (Å²) in [5.74, 6) is 1.11. The van der Waals surface area contributed by atoms with E-state index in [0.29, 0.717) is 28.8 Å². The Morgan fingerprint density at radius 3 is 2.25 bits per heavy atom. The second kappa shape index (κ2) is 12.6. The van der Waals surface area contributed by atoms with Gasteiger partial charge in [0.05, 0.1) is 23.8 Å². The third-order valence-corrected chi connectivity index (χ3v) is 5.54. The fourth-order valence-electron chi connectivity index (χ4n) is 3.05. The van der Waals surface area contributed by atoms with Gasteiger partial charge in [-0.25, -0.2) is 0 Å². The van der Waals surface area contributed by atoms with E-state index in [1.807, 2.05) is 38.1 Å². The van der Waals surface area contributed by atoms with Crippen molar-refractivity contribution in [2.45, 2.75) is 52.2 Å².